The van der Waals surface area contributed by atoms with Crippen molar-refractivity contribution in [3.8, 4) is 0 Å². The third kappa shape index (κ3) is 2.42. The topological polar surface area (TPSA) is 46.3 Å². The van der Waals surface area contributed by atoms with Crippen LogP contribution in [-0.4, -0.2) is 23.0 Å². The molecule has 0 saturated carbocycles. The van der Waals surface area contributed by atoms with E-state index in [1.807, 2.05) is 13.0 Å². The molecule has 2 aromatic rings. The third-order valence-electron chi connectivity index (χ3n) is 3.38. The van der Waals surface area contributed by atoms with Gasteiger partial charge in [0.1, 0.15) is 11.5 Å². The predicted molar refractivity (Wildman–Crippen MR) is 73.4 cm³/mol. The summed E-state index contributed by atoms with van der Waals surface area (Å²) in [4.78, 5) is 16.3. The largest absolute Gasteiger partial charge is 0.361 e. The lowest BCUT2D eigenvalue weighted by Gasteiger charge is -2.14. The van der Waals surface area contributed by atoms with E-state index in [0.717, 1.165) is 29.2 Å². The van der Waals surface area contributed by atoms with Crippen molar-refractivity contribution in [2.75, 3.05) is 7.05 Å². The molecule has 0 aliphatic heterocycles. The number of hydrogen-bond donors (Lipinski definition) is 0. The molecule has 1 amide bonds. The molecule has 0 radical (unpaired) electrons. The Morgan fingerprint density at radius 1 is 1.47 bits per heavy atom. The molecule has 0 spiro atoms. The Kier molecular flexibility index (Phi) is 3.14. The van der Waals surface area contributed by atoms with Gasteiger partial charge in [-0.2, -0.15) is 0 Å². The Morgan fingerprint density at radius 3 is 3.00 bits per heavy atom. The lowest BCUT2D eigenvalue weighted by Crippen LogP contribution is -2.25. The summed E-state index contributed by atoms with van der Waals surface area (Å²) in [7, 11) is 1.80. The minimum Gasteiger partial charge on any atom is -0.361 e. The molecular weight excluding hydrogens is 260 g/mol. The molecular formula is C14H16N2O2S. The van der Waals surface area contributed by atoms with Crippen LogP contribution >= 0.6 is 11.3 Å². The summed E-state index contributed by atoms with van der Waals surface area (Å²) in [6.45, 7) is 2.33. The highest BCUT2D eigenvalue weighted by molar-refractivity contribution is 7.14. The van der Waals surface area contributed by atoms with E-state index in [9.17, 15) is 4.79 Å². The second kappa shape index (κ2) is 4.81. The summed E-state index contributed by atoms with van der Waals surface area (Å²) in [5.41, 5.74) is 2.15. The fraction of sp³-hybridized carbons (Fsp3) is 0.429. The number of hydrogen-bond acceptors (Lipinski definition) is 4. The van der Waals surface area contributed by atoms with Crippen LogP contribution in [0, 0.1) is 6.92 Å². The number of carbonyl (C=O) groups excluding carboxylic acids is 1. The molecule has 0 aromatic carbocycles. The van der Waals surface area contributed by atoms with E-state index < -0.39 is 0 Å². The molecule has 4 nitrogen and oxygen atoms in total. The van der Waals surface area contributed by atoms with Crippen molar-refractivity contribution in [2.45, 2.75) is 32.7 Å². The molecule has 0 atom stereocenters. The fourth-order valence-corrected chi connectivity index (χ4v) is 3.68. The fourth-order valence-electron chi connectivity index (χ4n) is 2.43. The standard InChI is InChI=1S/C14H16N2O2S/c1-9-6-11(15-18-9)8-16(2)14(17)13-7-10-4-3-5-12(10)19-13/h6-7H,3-5,8H2,1-2H3. The number of amides is 1. The zero-order valence-electron chi connectivity index (χ0n) is 11.1. The van der Waals surface area contributed by atoms with Gasteiger partial charge in [-0.3, -0.25) is 4.79 Å². The molecule has 2 heterocycles. The summed E-state index contributed by atoms with van der Waals surface area (Å²) in [6, 6.07) is 3.91. The maximum absolute atomic E-state index is 12.3. The van der Waals surface area contributed by atoms with Crippen LogP contribution in [0.1, 0.15) is 38.0 Å². The highest BCUT2D eigenvalue weighted by atomic mass is 32.1. The summed E-state index contributed by atoms with van der Waals surface area (Å²) in [5.74, 6) is 0.839. The summed E-state index contributed by atoms with van der Waals surface area (Å²) in [5, 5.41) is 3.92. The van der Waals surface area contributed by atoms with Gasteiger partial charge in [0.05, 0.1) is 11.4 Å². The van der Waals surface area contributed by atoms with Crippen LogP contribution in [0.3, 0.4) is 0 Å². The highest BCUT2D eigenvalue weighted by Gasteiger charge is 2.21. The average Bonchev–Trinajstić information content (AvgIpc) is 3.03. The van der Waals surface area contributed by atoms with Crippen molar-refractivity contribution in [3.63, 3.8) is 0 Å². The Bertz CT molecular complexity index is 593. The van der Waals surface area contributed by atoms with Gasteiger partial charge in [-0.05, 0) is 37.8 Å². The van der Waals surface area contributed by atoms with Crippen LogP contribution in [0.5, 0.6) is 0 Å². The second-order valence-electron chi connectivity index (χ2n) is 5.00. The van der Waals surface area contributed by atoms with Gasteiger partial charge in [-0.25, -0.2) is 0 Å². The third-order valence-corrected chi connectivity index (χ3v) is 4.61. The Labute approximate surface area is 116 Å². The van der Waals surface area contributed by atoms with Gasteiger partial charge in [0.2, 0.25) is 0 Å². The van der Waals surface area contributed by atoms with E-state index in [1.54, 1.807) is 23.3 Å². The molecule has 19 heavy (non-hydrogen) atoms. The smallest absolute Gasteiger partial charge is 0.264 e. The van der Waals surface area contributed by atoms with Gasteiger partial charge in [0.25, 0.3) is 5.91 Å². The molecule has 0 saturated heterocycles. The Hall–Kier alpha value is -1.62. The van der Waals surface area contributed by atoms with E-state index in [-0.39, 0.29) is 5.91 Å². The maximum Gasteiger partial charge on any atom is 0.264 e. The molecule has 2 aromatic heterocycles. The number of fused-ring (bicyclic) bond motifs is 1. The maximum atomic E-state index is 12.3. The summed E-state index contributed by atoms with van der Waals surface area (Å²) >= 11 is 1.64. The molecule has 0 N–H and O–H groups in total. The van der Waals surface area contributed by atoms with Gasteiger partial charge < -0.3 is 9.42 Å². The Balaban J connectivity index is 1.72. The van der Waals surface area contributed by atoms with E-state index in [2.05, 4.69) is 11.2 Å². The number of aryl methyl sites for hydroxylation is 3. The number of carbonyl (C=O) groups is 1. The van der Waals surface area contributed by atoms with E-state index >= 15 is 0 Å². The number of thiophene rings is 1. The van der Waals surface area contributed by atoms with Crippen LogP contribution in [0.2, 0.25) is 0 Å². The molecule has 0 bridgehead atoms. The van der Waals surface area contributed by atoms with E-state index in [0.29, 0.717) is 6.54 Å². The SMILES string of the molecule is Cc1cc(CN(C)C(=O)c2cc3c(s2)CCC3)no1. The van der Waals surface area contributed by atoms with Gasteiger partial charge >= 0.3 is 0 Å². The van der Waals surface area contributed by atoms with Crippen molar-refractivity contribution in [1.82, 2.24) is 10.1 Å². The predicted octanol–water partition coefficient (Wildman–Crippen LogP) is 2.81. The lowest BCUT2D eigenvalue weighted by molar-refractivity contribution is 0.0787. The monoisotopic (exact) mass is 276 g/mol. The zero-order chi connectivity index (χ0) is 13.4. The molecule has 5 heteroatoms. The summed E-state index contributed by atoms with van der Waals surface area (Å²) in [6.07, 6.45) is 3.47. The first-order valence-corrected chi connectivity index (χ1v) is 7.24. The lowest BCUT2D eigenvalue weighted by atomic mass is 10.2. The van der Waals surface area contributed by atoms with E-state index in [1.165, 1.54) is 16.9 Å². The van der Waals surface area contributed by atoms with Crippen LogP contribution in [0.4, 0.5) is 0 Å². The molecule has 1 aliphatic rings. The van der Waals surface area contributed by atoms with Gasteiger partial charge in [-0.15, -0.1) is 11.3 Å². The van der Waals surface area contributed by atoms with Crippen LogP contribution in [0.25, 0.3) is 0 Å². The first-order valence-electron chi connectivity index (χ1n) is 6.43. The zero-order valence-corrected chi connectivity index (χ0v) is 11.9. The number of nitrogens with zero attached hydrogens (tertiary/aromatic N) is 2. The van der Waals surface area contributed by atoms with Gasteiger partial charge in [-0.1, -0.05) is 5.16 Å². The van der Waals surface area contributed by atoms with Gasteiger partial charge in [0.15, 0.2) is 0 Å². The molecule has 3 rings (SSSR count). The Morgan fingerprint density at radius 2 is 2.32 bits per heavy atom. The van der Waals surface area contributed by atoms with Crippen molar-refractivity contribution >= 4 is 17.2 Å². The highest BCUT2D eigenvalue weighted by Crippen LogP contribution is 2.31. The molecule has 0 unspecified atom stereocenters. The first kappa shape index (κ1) is 12.4. The summed E-state index contributed by atoms with van der Waals surface area (Å²) < 4.78 is 5.02. The van der Waals surface area contributed by atoms with Crippen molar-refractivity contribution in [2.24, 2.45) is 0 Å². The first-order chi connectivity index (χ1) is 9.13. The van der Waals surface area contributed by atoms with E-state index in [4.69, 9.17) is 4.52 Å². The van der Waals surface area contributed by atoms with Gasteiger partial charge in [0, 0.05) is 18.0 Å². The van der Waals surface area contributed by atoms with Crippen LogP contribution in [0.15, 0.2) is 16.7 Å². The molecule has 1 aliphatic carbocycles. The quantitative estimate of drug-likeness (QED) is 0.866. The number of rotatable bonds is 3. The van der Waals surface area contributed by atoms with Crippen LogP contribution in [-0.2, 0) is 19.4 Å². The molecule has 0 fully saturated rings. The molecule has 100 valence electrons. The minimum absolute atomic E-state index is 0.0695. The van der Waals surface area contributed by atoms with Crippen LogP contribution < -0.4 is 0 Å². The minimum atomic E-state index is 0.0695. The number of aromatic nitrogens is 1. The normalized spacial score (nSPS) is 13.6. The van der Waals surface area contributed by atoms with Crippen molar-refractivity contribution in [3.05, 3.63) is 38.9 Å². The average molecular weight is 276 g/mol. The van der Waals surface area contributed by atoms with Crippen molar-refractivity contribution < 1.29 is 9.32 Å². The van der Waals surface area contributed by atoms with Crippen molar-refractivity contribution in [1.29, 1.82) is 0 Å². The second-order valence-corrected chi connectivity index (χ2v) is 6.14.